The molecule has 1 aromatic carbocycles. The predicted molar refractivity (Wildman–Crippen MR) is 61.0 cm³/mol. The molecule has 0 unspecified atom stereocenters. The first kappa shape index (κ1) is 11.2. The number of fused-ring (bicyclic) bond motifs is 1. The van der Waals surface area contributed by atoms with Crippen LogP contribution in [0.5, 0.6) is 11.5 Å². The van der Waals surface area contributed by atoms with Crippen LogP contribution in [0.3, 0.4) is 0 Å². The van der Waals surface area contributed by atoms with E-state index >= 15 is 0 Å². The van der Waals surface area contributed by atoms with Crippen molar-refractivity contribution in [2.24, 2.45) is 0 Å². The molecule has 0 aliphatic heterocycles. The van der Waals surface area contributed by atoms with Gasteiger partial charge in [0, 0.05) is 6.07 Å². The zero-order valence-corrected chi connectivity index (χ0v) is 9.35. The highest BCUT2D eigenvalue weighted by atomic mass is 16.5. The molecule has 0 spiro atoms. The van der Waals surface area contributed by atoms with E-state index in [9.17, 15) is 9.59 Å². The molecular formula is C12H10O5. The number of hydrogen-bond acceptors (Lipinski definition) is 5. The van der Waals surface area contributed by atoms with Crippen LogP contribution >= 0.6 is 0 Å². The van der Waals surface area contributed by atoms with Crippen LogP contribution in [0.4, 0.5) is 0 Å². The Labute approximate surface area is 96.6 Å². The summed E-state index contributed by atoms with van der Waals surface area (Å²) in [6.45, 7) is 0. The lowest BCUT2D eigenvalue weighted by Crippen LogP contribution is -2.07. The molecule has 0 fully saturated rings. The average molecular weight is 234 g/mol. The van der Waals surface area contributed by atoms with Crippen molar-refractivity contribution in [3.05, 3.63) is 34.2 Å². The number of hydrogen-bond donors (Lipinski definition) is 0. The molecular weight excluding hydrogens is 224 g/mol. The minimum Gasteiger partial charge on any atom is -0.493 e. The highest BCUT2D eigenvalue weighted by Gasteiger charge is 2.11. The summed E-state index contributed by atoms with van der Waals surface area (Å²) in [5, 5.41) is 0.284. The van der Waals surface area contributed by atoms with Crippen LogP contribution in [0.15, 0.2) is 27.6 Å². The van der Waals surface area contributed by atoms with E-state index in [1.165, 1.54) is 20.3 Å². The topological polar surface area (TPSA) is 65.7 Å². The van der Waals surface area contributed by atoms with Crippen molar-refractivity contribution in [2.75, 3.05) is 14.2 Å². The van der Waals surface area contributed by atoms with Gasteiger partial charge in [-0.15, -0.1) is 0 Å². The van der Waals surface area contributed by atoms with Crippen molar-refractivity contribution >= 4 is 17.3 Å². The van der Waals surface area contributed by atoms with Crippen molar-refractivity contribution in [3.8, 4) is 11.5 Å². The zero-order chi connectivity index (χ0) is 12.4. The fraction of sp³-hybridized carbons (Fsp3) is 0.167. The Balaban J connectivity index is 2.83. The molecule has 2 aromatic rings. The Kier molecular flexibility index (Phi) is 2.82. The van der Waals surface area contributed by atoms with E-state index in [2.05, 4.69) is 0 Å². The SMILES string of the molecule is COc1cc2occ(C=O)c(=O)c2cc1OC. The predicted octanol–water partition coefficient (Wildman–Crippen LogP) is 1.62. The van der Waals surface area contributed by atoms with E-state index in [4.69, 9.17) is 13.9 Å². The minimum absolute atomic E-state index is 0.0234. The highest BCUT2D eigenvalue weighted by molar-refractivity contribution is 5.86. The Bertz CT molecular complexity index is 627. The Morgan fingerprint density at radius 3 is 2.41 bits per heavy atom. The molecule has 0 aliphatic rings. The first-order valence-electron chi connectivity index (χ1n) is 4.84. The van der Waals surface area contributed by atoms with Gasteiger partial charge < -0.3 is 13.9 Å². The molecule has 0 atom stereocenters. The quantitative estimate of drug-likeness (QED) is 0.755. The van der Waals surface area contributed by atoms with E-state index in [1.807, 2.05) is 0 Å². The second-order valence-corrected chi connectivity index (χ2v) is 3.34. The van der Waals surface area contributed by atoms with Crippen LogP contribution in [-0.2, 0) is 0 Å². The maximum Gasteiger partial charge on any atom is 0.203 e. The zero-order valence-electron chi connectivity index (χ0n) is 9.35. The van der Waals surface area contributed by atoms with Crippen molar-refractivity contribution < 1.29 is 18.7 Å². The van der Waals surface area contributed by atoms with Crippen molar-refractivity contribution in [1.29, 1.82) is 0 Å². The smallest absolute Gasteiger partial charge is 0.203 e. The minimum atomic E-state index is -0.387. The molecule has 5 heteroatoms. The summed E-state index contributed by atoms with van der Waals surface area (Å²) in [5.74, 6) is 0.873. The van der Waals surface area contributed by atoms with Gasteiger partial charge in [-0.3, -0.25) is 9.59 Å². The molecule has 0 bridgehead atoms. The summed E-state index contributed by atoms with van der Waals surface area (Å²) >= 11 is 0. The standard InChI is InChI=1S/C12H10O5/c1-15-10-3-8-9(4-11(10)16-2)17-6-7(5-13)12(8)14/h3-6H,1-2H3. The second-order valence-electron chi connectivity index (χ2n) is 3.34. The molecule has 5 nitrogen and oxygen atoms in total. The van der Waals surface area contributed by atoms with Crippen LogP contribution in [0, 0.1) is 0 Å². The molecule has 1 heterocycles. The maximum atomic E-state index is 11.8. The number of carbonyl (C=O) groups is 1. The van der Waals surface area contributed by atoms with Crippen molar-refractivity contribution in [2.45, 2.75) is 0 Å². The number of carbonyl (C=O) groups excluding carboxylic acids is 1. The number of benzene rings is 1. The van der Waals surface area contributed by atoms with Gasteiger partial charge in [0.25, 0.3) is 0 Å². The maximum absolute atomic E-state index is 11.8. The molecule has 1 aromatic heterocycles. The summed E-state index contributed by atoms with van der Waals surface area (Å²) in [6, 6.07) is 3.04. The highest BCUT2D eigenvalue weighted by Crippen LogP contribution is 2.30. The number of methoxy groups -OCH3 is 2. The van der Waals surface area contributed by atoms with E-state index in [1.54, 1.807) is 6.07 Å². The fourth-order valence-corrected chi connectivity index (χ4v) is 1.55. The van der Waals surface area contributed by atoms with Crippen LogP contribution in [-0.4, -0.2) is 20.5 Å². The lowest BCUT2D eigenvalue weighted by Gasteiger charge is -2.08. The molecule has 0 saturated carbocycles. The summed E-state index contributed by atoms with van der Waals surface area (Å²) in [4.78, 5) is 22.5. The van der Waals surface area contributed by atoms with Crippen LogP contribution in [0.1, 0.15) is 10.4 Å². The normalized spacial score (nSPS) is 10.2. The summed E-state index contributed by atoms with van der Waals surface area (Å²) in [7, 11) is 2.95. The molecule has 2 rings (SSSR count). The molecule has 0 saturated heterocycles. The third-order valence-corrected chi connectivity index (χ3v) is 2.43. The van der Waals surface area contributed by atoms with Gasteiger partial charge >= 0.3 is 0 Å². The molecule has 0 amide bonds. The van der Waals surface area contributed by atoms with Gasteiger partial charge in [0.05, 0.1) is 25.2 Å². The van der Waals surface area contributed by atoms with Gasteiger partial charge in [-0.05, 0) is 6.07 Å². The molecule has 88 valence electrons. The van der Waals surface area contributed by atoms with Gasteiger partial charge in [0.1, 0.15) is 11.8 Å². The van der Waals surface area contributed by atoms with Gasteiger partial charge in [-0.25, -0.2) is 0 Å². The Morgan fingerprint density at radius 2 is 1.82 bits per heavy atom. The first-order valence-corrected chi connectivity index (χ1v) is 4.84. The summed E-state index contributed by atoms with van der Waals surface area (Å²) < 4.78 is 15.4. The van der Waals surface area contributed by atoms with Gasteiger partial charge in [0.2, 0.25) is 5.43 Å². The van der Waals surface area contributed by atoms with E-state index < -0.39 is 0 Å². The molecule has 17 heavy (non-hydrogen) atoms. The van der Waals surface area contributed by atoms with E-state index in [-0.39, 0.29) is 16.4 Å². The van der Waals surface area contributed by atoms with E-state index in [0.717, 1.165) is 6.26 Å². The first-order chi connectivity index (χ1) is 8.21. The van der Waals surface area contributed by atoms with Crippen LogP contribution in [0.25, 0.3) is 11.0 Å². The molecule has 0 N–H and O–H groups in total. The van der Waals surface area contributed by atoms with Crippen LogP contribution < -0.4 is 14.9 Å². The van der Waals surface area contributed by atoms with Gasteiger partial charge in [-0.2, -0.15) is 0 Å². The number of rotatable bonds is 3. The molecule has 0 radical (unpaired) electrons. The van der Waals surface area contributed by atoms with Gasteiger partial charge in [-0.1, -0.05) is 0 Å². The lowest BCUT2D eigenvalue weighted by atomic mass is 10.1. The summed E-state index contributed by atoms with van der Waals surface area (Å²) in [5.41, 5.74) is -0.0647. The Hall–Kier alpha value is -2.30. The fourth-order valence-electron chi connectivity index (χ4n) is 1.55. The van der Waals surface area contributed by atoms with Crippen molar-refractivity contribution in [3.63, 3.8) is 0 Å². The number of ether oxygens (including phenoxy) is 2. The average Bonchev–Trinajstić information content (AvgIpc) is 2.38. The number of aldehydes is 1. The third-order valence-electron chi connectivity index (χ3n) is 2.43. The largest absolute Gasteiger partial charge is 0.493 e. The lowest BCUT2D eigenvalue weighted by molar-refractivity contribution is 0.112. The summed E-state index contributed by atoms with van der Waals surface area (Å²) in [6.07, 6.45) is 1.59. The monoisotopic (exact) mass is 234 g/mol. The third kappa shape index (κ3) is 1.75. The Morgan fingerprint density at radius 1 is 1.18 bits per heavy atom. The second kappa shape index (κ2) is 4.29. The molecule has 0 aliphatic carbocycles. The van der Waals surface area contributed by atoms with Crippen LogP contribution in [0.2, 0.25) is 0 Å². The van der Waals surface area contributed by atoms with E-state index in [0.29, 0.717) is 23.4 Å². The van der Waals surface area contributed by atoms with Crippen molar-refractivity contribution in [1.82, 2.24) is 0 Å². The van der Waals surface area contributed by atoms with Gasteiger partial charge in [0.15, 0.2) is 17.8 Å².